The van der Waals surface area contributed by atoms with Gasteiger partial charge in [0.15, 0.2) is 0 Å². The van der Waals surface area contributed by atoms with E-state index in [-0.39, 0.29) is 0 Å². The molecular formula is C16H16Cl2O. The van der Waals surface area contributed by atoms with E-state index in [1.165, 1.54) is 0 Å². The summed E-state index contributed by atoms with van der Waals surface area (Å²) >= 11 is 12.2. The minimum atomic E-state index is -0.599. The van der Waals surface area contributed by atoms with E-state index < -0.39 is 6.10 Å². The summed E-state index contributed by atoms with van der Waals surface area (Å²) in [4.78, 5) is 0. The van der Waals surface area contributed by atoms with Crippen LogP contribution in [0.1, 0.15) is 28.4 Å². The Kier molecular flexibility index (Phi) is 4.51. The first kappa shape index (κ1) is 14.4. The second-order valence-electron chi connectivity index (χ2n) is 4.88. The van der Waals surface area contributed by atoms with Gasteiger partial charge in [-0.05, 0) is 54.3 Å². The Balaban J connectivity index is 2.22. The van der Waals surface area contributed by atoms with Crippen LogP contribution in [-0.2, 0) is 6.42 Å². The average Bonchev–Trinajstić information content (AvgIpc) is 2.31. The third-order valence-corrected chi connectivity index (χ3v) is 3.64. The van der Waals surface area contributed by atoms with Gasteiger partial charge in [-0.25, -0.2) is 0 Å². The van der Waals surface area contributed by atoms with E-state index in [0.717, 1.165) is 22.3 Å². The molecule has 0 bridgehead atoms. The van der Waals surface area contributed by atoms with Crippen molar-refractivity contribution in [1.29, 1.82) is 0 Å². The van der Waals surface area contributed by atoms with E-state index in [4.69, 9.17) is 23.2 Å². The summed E-state index contributed by atoms with van der Waals surface area (Å²) in [6, 6.07) is 11.5. The van der Waals surface area contributed by atoms with Gasteiger partial charge in [0.2, 0.25) is 0 Å². The quantitative estimate of drug-likeness (QED) is 0.855. The Labute approximate surface area is 123 Å². The maximum Gasteiger partial charge on any atom is 0.0831 e. The molecule has 0 heterocycles. The topological polar surface area (TPSA) is 20.2 Å². The summed E-state index contributed by atoms with van der Waals surface area (Å²) in [5.74, 6) is 0. The maximum absolute atomic E-state index is 10.3. The maximum atomic E-state index is 10.3. The summed E-state index contributed by atoms with van der Waals surface area (Å²) in [5.41, 5.74) is 3.91. The molecule has 0 aliphatic heterocycles. The predicted molar refractivity (Wildman–Crippen MR) is 81.0 cm³/mol. The molecule has 0 fully saturated rings. The van der Waals surface area contributed by atoms with Gasteiger partial charge in [0.1, 0.15) is 0 Å². The molecule has 0 saturated carbocycles. The zero-order valence-corrected chi connectivity index (χ0v) is 12.5. The Bertz CT molecular complexity index is 573. The van der Waals surface area contributed by atoms with Crippen LogP contribution in [0.3, 0.4) is 0 Å². The van der Waals surface area contributed by atoms with Crippen molar-refractivity contribution in [2.75, 3.05) is 0 Å². The van der Waals surface area contributed by atoms with Crippen molar-refractivity contribution < 1.29 is 5.11 Å². The van der Waals surface area contributed by atoms with Crippen molar-refractivity contribution in [2.24, 2.45) is 0 Å². The molecule has 0 aliphatic rings. The number of aliphatic hydroxyl groups is 1. The van der Waals surface area contributed by atoms with Crippen LogP contribution in [0.4, 0.5) is 0 Å². The number of aryl methyl sites for hydroxylation is 2. The number of benzene rings is 2. The lowest BCUT2D eigenvalue weighted by Gasteiger charge is -2.14. The zero-order chi connectivity index (χ0) is 14.0. The minimum Gasteiger partial charge on any atom is -0.388 e. The summed E-state index contributed by atoms with van der Waals surface area (Å²) in [6.07, 6.45) is -0.114. The van der Waals surface area contributed by atoms with Gasteiger partial charge in [0.25, 0.3) is 0 Å². The van der Waals surface area contributed by atoms with Gasteiger partial charge in [0.05, 0.1) is 6.10 Å². The minimum absolute atomic E-state index is 0.485. The molecule has 1 N–H and O–H groups in total. The first-order valence-corrected chi connectivity index (χ1v) is 6.91. The van der Waals surface area contributed by atoms with Crippen molar-refractivity contribution >= 4 is 23.2 Å². The molecule has 2 aromatic rings. The predicted octanol–water partition coefficient (Wildman–Crippen LogP) is 4.89. The summed E-state index contributed by atoms with van der Waals surface area (Å²) in [6.45, 7) is 3.95. The Morgan fingerprint density at radius 2 is 1.74 bits per heavy atom. The van der Waals surface area contributed by atoms with Crippen LogP contribution in [0.15, 0.2) is 36.4 Å². The standard InChI is InChI=1S/C16H16Cl2O/c1-10-3-4-12(15(18)7-10)9-16(19)13-5-11(2)6-14(17)8-13/h3-8,16,19H,9H2,1-2H3. The van der Waals surface area contributed by atoms with Crippen LogP contribution in [-0.4, -0.2) is 5.11 Å². The molecule has 1 unspecified atom stereocenters. The number of rotatable bonds is 3. The lowest BCUT2D eigenvalue weighted by Crippen LogP contribution is -2.03. The van der Waals surface area contributed by atoms with Crippen molar-refractivity contribution in [3.63, 3.8) is 0 Å². The Morgan fingerprint density at radius 3 is 2.37 bits per heavy atom. The molecular weight excluding hydrogens is 279 g/mol. The van der Waals surface area contributed by atoms with Crippen LogP contribution < -0.4 is 0 Å². The first-order chi connectivity index (χ1) is 8.95. The normalized spacial score (nSPS) is 12.5. The molecule has 0 aliphatic carbocycles. The molecule has 2 rings (SSSR count). The molecule has 0 aromatic heterocycles. The van der Waals surface area contributed by atoms with Gasteiger partial charge in [-0.2, -0.15) is 0 Å². The van der Waals surface area contributed by atoms with E-state index >= 15 is 0 Å². The molecule has 0 saturated heterocycles. The van der Waals surface area contributed by atoms with Crippen molar-refractivity contribution in [1.82, 2.24) is 0 Å². The smallest absolute Gasteiger partial charge is 0.0831 e. The molecule has 100 valence electrons. The lowest BCUT2D eigenvalue weighted by molar-refractivity contribution is 0.178. The third-order valence-electron chi connectivity index (χ3n) is 3.07. The van der Waals surface area contributed by atoms with Gasteiger partial charge >= 0.3 is 0 Å². The Hall–Kier alpha value is -1.02. The first-order valence-electron chi connectivity index (χ1n) is 6.16. The summed E-state index contributed by atoms with van der Waals surface area (Å²) in [5, 5.41) is 11.6. The van der Waals surface area contributed by atoms with Crippen LogP contribution in [0.25, 0.3) is 0 Å². The second kappa shape index (κ2) is 5.96. The third kappa shape index (κ3) is 3.73. The summed E-state index contributed by atoms with van der Waals surface area (Å²) in [7, 11) is 0. The van der Waals surface area contributed by atoms with Crippen LogP contribution in [0, 0.1) is 13.8 Å². The monoisotopic (exact) mass is 294 g/mol. The number of halogens is 2. The number of aliphatic hydroxyl groups excluding tert-OH is 1. The van der Waals surface area contributed by atoms with Crippen LogP contribution >= 0.6 is 23.2 Å². The molecule has 3 heteroatoms. The van der Waals surface area contributed by atoms with E-state index in [2.05, 4.69) is 0 Å². The van der Waals surface area contributed by atoms with E-state index in [9.17, 15) is 5.11 Å². The van der Waals surface area contributed by atoms with Gasteiger partial charge in [0, 0.05) is 16.5 Å². The zero-order valence-electron chi connectivity index (χ0n) is 11.0. The highest BCUT2D eigenvalue weighted by atomic mass is 35.5. The Morgan fingerprint density at radius 1 is 1.00 bits per heavy atom. The second-order valence-corrected chi connectivity index (χ2v) is 5.72. The van der Waals surface area contributed by atoms with Gasteiger partial charge in [-0.1, -0.05) is 41.4 Å². The molecule has 19 heavy (non-hydrogen) atoms. The molecule has 1 atom stereocenters. The van der Waals surface area contributed by atoms with E-state index in [1.54, 1.807) is 6.07 Å². The van der Waals surface area contributed by atoms with E-state index in [1.807, 2.05) is 44.2 Å². The fourth-order valence-corrected chi connectivity index (χ4v) is 2.71. The van der Waals surface area contributed by atoms with Crippen molar-refractivity contribution in [2.45, 2.75) is 26.4 Å². The molecule has 0 spiro atoms. The van der Waals surface area contributed by atoms with Crippen molar-refractivity contribution in [3.05, 3.63) is 68.7 Å². The molecule has 2 aromatic carbocycles. The van der Waals surface area contributed by atoms with Crippen LogP contribution in [0.5, 0.6) is 0 Å². The largest absolute Gasteiger partial charge is 0.388 e. The van der Waals surface area contributed by atoms with Gasteiger partial charge in [-0.15, -0.1) is 0 Å². The van der Waals surface area contributed by atoms with Gasteiger partial charge < -0.3 is 5.11 Å². The fourth-order valence-electron chi connectivity index (χ4n) is 2.10. The number of hydrogen-bond donors (Lipinski definition) is 1. The highest BCUT2D eigenvalue weighted by Crippen LogP contribution is 2.26. The highest BCUT2D eigenvalue weighted by Gasteiger charge is 2.12. The van der Waals surface area contributed by atoms with Crippen LogP contribution in [0.2, 0.25) is 10.0 Å². The fraction of sp³-hybridized carbons (Fsp3) is 0.250. The molecule has 0 radical (unpaired) electrons. The highest BCUT2D eigenvalue weighted by molar-refractivity contribution is 6.31. The SMILES string of the molecule is Cc1cc(Cl)cc(C(O)Cc2ccc(C)cc2Cl)c1. The summed E-state index contributed by atoms with van der Waals surface area (Å²) < 4.78 is 0. The lowest BCUT2D eigenvalue weighted by atomic mass is 9.99. The van der Waals surface area contributed by atoms with Gasteiger partial charge in [-0.3, -0.25) is 0 Å². The molecule has 0 amide bonds. The number of hydrogen-bond acceptors (Lipinski definition) is 1. The average molecular weight is 295 g/mol. The van der Waals surface area contributed by atoms with E-state index in [0.29, 0.717) is 16.5 Å². The molecule has 1 nitrogen and oxygen atoms in total. The van der Waals surface area contributed by atoms with Crippen molar-refractivity contribution in [3.8, 4) is 0 Å².